The van der Waals surface area contributed by atoms with Crippen LogP contribution in [-0.4, -0.2) is 25.3 Å². The quantitative estimate of drug-likeness (QED) is 0.507. The van der Waals surface area contributed by atoms with Crippen molar-refractivity contribution in [2.45, 2.75) is 51.9 Å². The summed E-state index contributed by atoms with van der Waals surface area (Å²) in [5.41, 5.74) is -4.75. The Hall–Kier alpha value is -0.910. The Morgan fingerprint density at radius 3 is 2.57 bits per heavy atom. The first-order chi connectivity index (χ1) is 12.3. The molecule has 160 valence electrons. The summed E-state index contributed by atoms with van der Waals surface area (Å²) < 4.78 is 72.8. The summed E-state index contributed by atoms with van der Waals surface area (Å²) in [6, 6.07) is 2.25. The molecule has 1 aliphatic rings. The number of hydrogen-bond donors (Lipinski definition) is 3. The summed E-state index contributed by atoms with van der Waals surface area (Å²) in [5.74, 6) is -0.744. The number of carbonyl (C=O) groups excluding carboxylic acids is 1. The Balaban J connectivity index is 0.00000392. The highest BCUT2D eigenvalue weighted by atomic mass is 79.9. The van der Waals surface area contributed by atoms with Crippen molar-refractivity contribution in [1.29, 1.82) is 0 Å². The first kappa shape index (κ1) is 25.1. The zero-order valence-corrected chi connectivity index (χ0v) is 17.6. The number of alkyl halides is 2. The van der Waals surface area contributed by atoms with E-state index in [2.05, 4.69) is 25.2 Å². The SMILES string of the molecule is C.CCC(C)OP(=O)(O)C(F)(F)c1ccc(C2CC(=O)NS(=O)(=O)N2)cc1Br. The minimum absolute atomic E-state index is 0. The molecule has 0 aromatic heterocycles. The highest BCUT2D eigenvalue weighted by Gasteiger charge is 2.54. The van der Waals surface area contributed by atoms with Crippen LogP contribution in [-0.2, 0) is 29.8 Å². The van der Waals surface area contributed by atoms with Gasteiger partial charge in [0.2, 0.25) is 5.91 Å². The van der Waals surface area contributed by atoms with Crippen LogP contribution in [0, 0.1) is 0 Å². The maximum absolute atomic E-state index is 14.6. The highest BCUT2D eigenvalue weighted by Crippen LogP contribution is 2.64. The average molecular weight is 507 g/mol. The van der Waals surface area contributed by atoms with Gasteiger partial charge < -0.3 is 9.42 Å². The zero-order valence-electron chi connectivity index (χ0n) is 14.3. The van der Waals surface area contributed by atoms with Gasteiger partial charge in [-0.2, -0.15) is 21.9 Å². The lowest BCUT2D eigenvalue weighted by Gasteiger charge is -2.27. The smallest absolute Gasteiger partial charge is 0.320 e. The predicted octanol–water partition coefficient (Wildman–Crippen LogP) is 3.53. The van der Waals surface area contributed by atoms with Crippen molar-refractivity contribution in [2.24, 2.45) is 0 Å². The van der Waals surface area contributed by atoms with Gasteiger partial charge in [0.25, 0.3) is 0 Å². The molecule has 1 saturated heterocycles. The van der Waals surface area contributed by atoms with Crippen LogP contribution in [0.5, 0.6) is 0 Å². The molecule has 3 N–H and O–H groups in total. The minimum Gasteiger partial charge on any atom is -0.320 e. The number of halogens is 3. The van der Waals surface area contributed by atoms with Crippen molar-refractivity contribution in [3.8, 4) is 0 Å². The number of hydrogen-bond acceptors (Lipinski definition) is 5. The lowest BCUT2D eigenvalue weighted by molar-refractivity contribution is -0.120. The van der Waals surface area contributed by atoms with Gasteiger partial charge in [-0.3, -0.25) is 9.36 Å². The summed E-state index contributed by atoms with van der Waals surface area (Å²) in [6.45, 7) is 3.02. The third-order valence-electron chi connectivity index (χ3n) is 3.91. The molecule has 0 radical (unpaired) electrons. The van der Waals surface area contributed by atoms with E-state index in [-0.39, 0.29) is 30.3 Å². The van der Waals surface area contributed by atoms with E-state index in [9.17, 15) is 31.5 Å². The van der Waals surface area contributed by atoms with Crippen LogP contribution in [0.2, 0.25) is 0 Å². The van der Waals surface area contributed by atoms with Crippen LogP contribution in [0.3, 0.4) is 0 Å². The van der Waals surface area contributed by atoms with Crippen LogP contribution in [0.1, 0.15) is 51.3 Å². The molecule has 1 aromatic carbocycles. The second-order valence-corrected chi connectivity index (χ2v) is 10.1. The van der Waals surface area contributed by atoms with Gasteiger partial charge in [0.15, 0.2) is 0 Å². The molecule has 1 amide bonds. The molecule has 0 saturated carbocycles. The van der Waals surface area contributed by atoms with Gasteiger partial charge in [-0.1, -0.05) is 42.4 Å². The fourth-order valence-electron chi connectivity index (χ4n) is 2.35. The molecule has 28 heavy (non-hydrogen) atoms. The Kier molecular flexibility index (Phi) is 7.94. The third kappa shape index (κ3) is 5.37. The fraction of sp³-hybridized carbons (Fsp3) is 0.533. The number of amides is 1. The number of rotatable bonds is 6. The second kappa shape index (κ2) is 8.85. The Morgan fingerprint density at radius 1 is 1.46 bits per heavy atom. The van der Waals surface area contributed by atoms with Crippen LogP contribution >= 0.6 is 23.5 Å². The fourth-order valence-corrected chi connectivity index (χ4v) is 5.45. The van der Waals surface area contributed by atoms with Crippen LogP contribution in [0.4, 0.5) is 8.78 Å². The van der Waals surface area contributed by atoms with Gasteiger partial charge in [0, 0.05) is 16.5 Å². The van der Waals surface area contributed by atoms with E-state index in [0.29, 0.717) is 0 Å². The third-order valence-corrected chi connectivity index (χ3v) is 7.25. The number of carbonyl (C=O) groups is 1. The maximum atomic E-state index is 14.6. The summed E-state index contributed by atoms with van der Waals surface area (Å²) in [4.78, 5) is 21.2. The molecule has 0 aliphatic carbocycles. The van der Waals surface area contributed by atoms with E-state index in [1.807, 2.05) is 0 Å². The molecular formula is C15H22BrF2N2O6PS. The van der Waals surface area contributed by atoms with Crippen molar-refractivity contribution < 1.29 is 36.0 Å². The molecule has 13 heteroatoms. The topological polar surface area (TPSA) is 122 Å². The normalized spacial score (nSPS) is 22.5. The Labute approximate surface area is 170 Å². The molecular weight excluding hydrogens is 485 g/mol. The standard InChI is InChI=1S/C14H18BrF2N2O6PS.CH4/c1-3-8(2)25-26(21,22)14(16,17)10-5-4-9(6-11(10)15)12-7-13(20)19-27(23,24)18-12;/h4-6,8,12,18H,3,7H2,1-2H3,(H,19,20)(H,21,22);1H4. The lowest BCUT2D eigenvalue weighted by atomic mass is 10.0. The molecule has 0 bridgehead atoms. The summed E-state index contributed by atoms with van der Waals surface area (Å²) >= 11 is 2.92. The number of nitrogens with one attached hydrogen (secondary N) is 2. The van der Waals surface area contributed by atoms with E-state index in [1.54, 1.807) is 11.6 Å². The van der Waals surface area contributed by atoms with Crippen LogP contribution in [0.15, 0.2) is 22.7 Å². The zero-order chi connectivity index (χ0) is 20.6. The van der Waals surface area contributed by atoms with Crippen LogP contribution < -0.4 is 9.44 Å². The van der Waals surface area contributed by atoms with Crippen molar-refractivity contribution in [3.63, 3.8) is 0 Å². The highest BCUT2D eigenvalue weighted by molar-refractivity contribution is 9.10. The molecule has 1 heterocycles. The monoisotopic (exact) mass is 506 g/mol. The molecule has 3 atom stereocenters. The molecule has 0 spiro atoms. The second-order valence-electron chi connectivity index (χ2n) is 6.03. The van der Waals surface area contributed by atoms with Crippen molar-refractivity contribution in [1.82, 2.24) is 9.44 Å². The molecule has 2 rings (SSSR count). The van der Waals surface area contributed by atoms with Gasteiger partial charge in [-0.05, 0) is 25.0 Å². The largest absolute Gasteiger partial charge is 0.402 e. The summed E-state index contributed by atoms with van der Waals surface area (Å²) in [5, 5.41) is 0. The van der Waals surface area contributed by atoms with E-state index in [0.717, 1.165) is 18.2 Å². The Bertz CT molecular complexity index is 899. The van der Waals surface area contributed by atoms with Gasteiger partial charge in [-0.25, -0.2) is 4.72 Å². The van der Waals surface area contributed by atoms with E-state index in [1.165, 1.54) is 6.92 Å². The van der Waals surface area contributed by atoms with E-state index < -0.39 is 47.1 Å². The minimum atomic E-state index is -5.33. The maximum Gasteiger partial charge on any atom is 0.402 e. The molecule has 8 nitrogen and oxygen atoms in total. The first-order valence-corrected chi connectivity index (χ1v) is 11.7. The van der Waals surface area contributed by atoms with E-state index >= 15 is 0 Å². The van der Waals surface area contributed by atoms with Gasteiger partial charge in [0.1, 0.15) is 0 Å². The molecule has 1 aliphatic heterocycles. The molecule has 1 aromatic rings. The summed E-state index contributed by atoms with van der Waals surface area (Å²) in [6.07, 6.45) is -0.804. The van der Waals surface area contributed by atoms with Crippen molar-refractivity contribution in [3.05, 3.63) is 33.8 Å². The van der Waals surface area contributed by atoms with Gasteiger partial charge in [0.05, 0.1) is 12.1 Å². The van der Waals surface area contributed by atoms with Gasteiger partial charge >= 0.3 is 23.5 Å². The van der Waals surface area contributed by atoms with E-state index in [4.69, 9.17) is 0 Å². The Morgan fingerprint density at radius 2 is 2.07 bits per heavy atom. The lowest BCUT2D eigenvalue weighted by Crippen LogP contribution is -2.48. The van der Waals surface area contributed by atoms with Crippen molar-refractivity contribution >= 4 is 39.6 Å². The van der Waals surface area contributed by atoms with Gasteiger partial charge in [-0.15, -0.1) is 0 Å². The molecule has 3 unspecified atom stereocenters. The average Bonchev–Trinajstić information content (AvgIpc) is 2.51. The summed E-state index contributed by atoms with van der Waals surface area (Å²) in [7, 11) is -9.37. The predicted molar refractivity (Wildman–Crippen MR) is 103 cm³/mol. The van der Waals surface area contributed by atoms with Crippen LogP contribution in [0.25, 0.3) is 0 Å². The first-order valence-electron chi connectivity index (χ1n) is 7.81. The molecule has 1 fully saturated rings. The number of benzene rings is 1. The van der Waals surface area contributed by atoms with Crippen molar-refractivity contribution in [2.75, 3.05) is 0 Å².